The highest BCUT2D eigenvalue weighted by atomic mass is 35.5. The monoisotopic (exact) mass is 377 g/mol. The Labute approximate surface area is 152 Å². The first kappa shape index (κ1) is 17.4. The number of aromatic nitrogens is 2. The van der Waals surface area contributed by atoms with Crippen molar-refractivity contribution in [2.75, 3.05) is 5.32 Å². The quantitative estimate of drug-likeness (QED) is 0.655. The van der Waals surface area contributed by atoms with E-state index in [2.05, 4.69) is 15.3 Å². The second-order valence-electron chi connectivity index (χ2n) is 5.11. The number of carbonyl (C=O) groups excluding carboxylic acids is 1. The summed E-state index contributed by atoms with van der Waals surface area (Å²) >= 11 is 6.93. The molecule has 2 heterocycles. The first-order valence-corrected chi connectivity index (χ1v) is 8.58. The number of oxazole rings is 1. The van der Waals surface area contributed by atoms with Gasteiger partial charge in [-0.1, -0.05) is 23.4 Å². The highest BCUT2D eigenvalue weighted by Gasteiger charge is 2.18. The van der Waals surface area contributed by atoms with Crippen LogP contribution in [0.2, 0.25) is 5.02 Å². The number of hydrogen-bond acceptors (Lipinski definition) is 5. The van der Waals surface area contributed by atoms with E-state index in [1.54, 1.807) is 37.4 Å². The highest BCUT2D eigenvalue weighted by Crippen LogP contribution is 2.28. The van der Waals surface area contributed by atoms with Gasteiger partial charge in [-0.2, -0.15) is 0 Å². The Hall–Kier alpha value is -2.38. The predicted molar refractivity (Wildman–Crippen MR) is 95.1 cm³/mol. The number of thioether (sulfide) groups is 1. The molecule has 0 aliphatic carbocycles. The van der Waals surface area contributed by atoms with E-state index in [4.69, 9.17) is 16.0 Å². The molecule has 1 atom stereocenters. The summed E-state index contributed by atoms with van der Waals surface area (Å²) in [5, 5.41) is 3.09. The minimum absolute atomic E-state index is 0.235. The largest absolute Gasteiger partial charge is 0.431 e. The Morgan fingerprint density at radius 2 is 1.96 bits per heavy atom. The van der Waals surface area contributed by atoms with E-state index in [9.17, 15) is 9.18 Å². The van der Waals surface area contributed by atoms with Crippen molar-refractivity contribution in [1.82, 2.24) is 9.97 Å². The number of nitrogens with zero attached hydrogens (tertiary/aromatic N) is 2. The van der Waals surface area contributed by atoms with Crippen LogP contribution in [0.15, 0.2) is 58.4 Å². The van der Waals surface area contributed by atoms with Gasteiger partial charge in [0.25, 0.3) is 5.22 Å². The minimum Gasteiger partial charge on any atom is -0.431 e. The maximum atomic E-state index is 13.0. The molecule has 0 saturated carbocycles. The first-order valence-electron chi connectivity index (χ1n) is 7.32. The second kappa shape index (κ2) is 7.67. The summed E-state index contributed by atoms with van der Waals surface area (Å²) < 4.78 is 18.6. The number of hydrogen-bond donors (Lipinski definition) is 1. The van der Waals surface area contributed by atoms with Gasteiger partial charge >= 0.3 is 0 Å². The molecule has 1 unspecified atom stereocenters. The van der Waals surface area contributed by atoms with Gasteiger partial charge in [-0.3, -0.25) is 4.79 Å². The van der Waals surface area contributed by atoms with Gasteiger partial charge in [0.15, 0.2) is 5.76 Å². The number of anilines is 1. The highest BCUT2D eigenvalue weighted by molar-refractivity contribution is 8.00. The van der Waals surface area contributed by atoms with Crippen LogP contribution in [-0.4, -0.2) is 21.1 Å². The van der Waals surface area contributed by atoms with Crippen molar-refractivity contribution < 1.29 is 13.6 Å². The molecule has 1 amide bonds. The molecule has 5 nitrogen and oxygen atoms in total. The Bertz CT molecular complexity index is 868. The van der Waals surface area contributed by atoms with Crippen LogP contribution in [0.25, 0.3) is 11.3 Å². The van der Waals surface area contributed by atoms with Crippen LogP contribution >= 0.6 is 23.4 Å². The number of pyridine rings is 1. The molecule has 1 N–H and O–H groups in total. The average molecular weight is 378 g/mol. The van der Waals surface area contributed by atoms with Crippen molar-refractivity contribution in [3.05, 3.63) is 59.6 Å². The summed E-state index contributed by atoms with van der Waals surface area (Å²) in [6, 6.07) is 9.17. The lowest BCUT2D eigenvalue weighted by Gasteiger charge is -2.09. The minimum atomic E-state index is -0.447. The fourth-order valence-corrected chi connectivity index (χ4v) is 2.77. The summed E-state index contributed by atoms with van der Waals surface area (Å²) in [6.07, 6.45) is 3.00. The van der Waals surface area contributed by atoms with E-state index >= 15 is 0 Å². The standard InChI is InChI=1S/C17H13ClFN3O2S/c1-10(16(23)22-15-7-4-12(18)8-20-15)25-17-21-9-14(24-17)11-2-5-13(19)6-3-11/h2-10H,1H3,(H,20,22,23). The molecule has 3 rings (SSSR count). The van der Waals surface area contributed by atoms with Gasteiger partial charge in [0, 0.05) is 11.8 Å². The van der Waals surface area contributed by atoms with Crippen LogP contribution in [0, 0.1) is 5.82 Å². The van der Waals surface area contributed by atoms with Gasteiger partial charge in [-0.15, -0.1) is 0 Å². The van der Waals surface area contributed by atoms with E-state index in [0.29, 0.717) is 27.4 Å². The predicted octanol–water partition coefficient (Wildman–Crippen LogP) is 4.65. The summed E-state index contributed by atoms with van der Waals surface area (Å²) in [6.45, 7) is 1.73. The molecule has 0 aliphatic rings. The van der Waals surface area contributed by atoms with Crippen molar-refractivity contribution in [3.63, 3.8) is 0 Å². The van der Waals surface area contributed by atoms with Gasteiger partial charge in [0.05, 0.1) is 16.5 Å². The van der Waals surface area contributed by atoms with Crippen LogP contribution in [-0.2, 0) is 4.79 Å². The van der Waals surface area contributed by atoms with Crippen LogP contribution in [0.4, 0.5) is 10.2 Å². The summed E-state index contributed by atoms with van der Waals surface area (Å²) in [4.78, 5) is 20.4. The Morgan fingerprint density at radius 1 is 1.20 bits per heavy atom. The van der Waals surface area contributed by atoms with Crippen LogP contribution in [0.1, 0.15) is 6.92 Å². The molecule has 8 heteroatoms. The number of nitrogens with one attached hydrogen (secondary N) is 1. The van der Waals surface area contributed by atoms with E-state index in [-0.39, 0.29) is 11.7 Å². The van der Waals surface area contributed by atoms with Crippen LogP contribution in [0.5, 0.6) is 0 Å². The molecule has 2 aromatic heterocycles. The second-order valence-corrected chi connectivity index (χ2v) is 6.84. The Morgan fingerprint density at radius 3 is 2.64 bits per heavy atom. The molecule has 0 saturated heterocycles. The van der Waals surface area contributed by atoms with E-state index in [0.717, 1.165) is 0 Å². The smallest absolute Gasteiger partial charge is 0.256 e. The number of benzene rings is 1. The van der Waals surface area contributed by atoms with Crippen molar-refractivity contribution in [3.8, 4) is 11.3 Å². The zero-order valence-corrected chi connectivity index (χ0v) is 14.6. The van der Waals surface area contributed by atoms with Gasteiger partial charge in [0.1, 0.15) is 11.6 Å². The molecule has 1 aromatic carbocycles. The Balaban J connectivity index is 1.62. The third kappa shape index (κ3) is 4.58. The zero-order chi connectivity index (χ0) is 17.8. The lowest BCUT2D eigenvalue weighted by molar-refractivity contribution is -0.115. The third-order valence-corrected chi connectivity index (χ3v) is 4.42. The van der Waals surface area contributed by atoms with Gasteiger partial charge < -0.3 is 9.73 Å². The van der Waals surface area contributed by atoms with E-state index < -0.39 is 5.25 Å². The van der Waals surface area contributed by atoms with Crippen LogP contribution < -0.4 is 5.32 Å². The van der Waals surface area contributed by atoms with Crippen LogP contribution in [0.3, 0.4) is 0 Å². The summed E-state index contributed by atoms with van der Waals surface area (Å²) in [7, 11) is 0. The van der Waals surface area contributed by atoms with Gasteiger partial charge in [-0.05, 0) is 43.3 Å². The molecule has 25 heavy (non-hydrogen) atoms. The number of halogens is 2. The molecular formula is C17H13ClFN3O2S. The lowest BCUT2D eigenvalue weighted by atomic mass is 10.2. The number of rotatable bonds is 5. The molecule has 128 valence electrons. The van der Waals surface area contributed by atoms with Gasteiger partial charge in [-0.25, -0.2) is 14.4 Å². The van der Waals surface area contributed by atoms with Crippen molar-refractivity contribution in [1.29, 1.82) is 0 Å². The number of amides is 1. The normalized spacial score (nSPS) is 12.0. The van der Waals surface area contributed by atoms with Crippen molar-refractivity contribution >= 4 is 35.1 Å². The Kier molecular flexibility index (Phi) is 5.35. The van der Waals surface area contributed by atoms with Gasteiger partial charge in [0.2, 0.25) is 5.91 Å². The summed E-state index contributed by atoms with van der Waals surface area (Å²) in [5.74, 6) is 0.371. The average Bonchev–Trinajstić information content (AvgIpc) is 3.06. The van der Waals surface area contributed by atoms with Crippen molar-refractivity contribution in [2.24, 2.45) is 0 Å². The van der Waals surface area contributed by atoms with E-state index in [1.165, 1.54) is 30.1 Å². The lowest BCUT2D eigenvalue weighted by Crippen LogP contribution is -2.22. The molecule has 0 aliphatic heterocycles. The molecule has 0 spiro atoms. The van der Waals surface area contributed by atoms with E-state index in [1.807, 2.05) is 0 Å². The molecule has 3 aromatic rings. The first-order chi connectivity index (χ1) is 12.0. The number of carbonyl (C=O) groups is 1. The summed E-state index contributed by atoms with van der Waals surface area (Å²) in [5.41, 5.74) is 0.711. The zero-order valence-electron chi connectivity index (χ0n) is 13.1. The molecule has 0 bridgehead atoms. The fourth-order valence-electron chi connectivity index (χ4n) is 1.94. The fraction of sp³-hybridized carbons (Fsp3) is 0.118. The SMILES string of the molecule is CC(Sc1ncc(-c2ccc(F)cc2)o1)C(=O)Nc1ccc(Cl)cn1. The molecule has 0 radical (unpaired) electrons. The molecule has 0 fully saturated rings. The maximum absolute atomic E-state index is 13.0. The van der Waals surface area contributed by atoms with Crippen molar-refractivity contribution in [2.45, 2.75) is 17.4 Å². The topological polar surface area (TPSA) is 68.0 Å². The maximum Gasteiger partial charge on any atom is 0.256 e. The molecular weight excluding hydrogens is 365 g/mol. The third-order valence-electron chi connectivity index (χ3n) is 3.24.